The summed E-state index contributed by atoms with van der Waals surface area (Å²) in [4.78, 5) is 20.7. The number of aryl methyl sites for hydroxylation is 1. The minimum Gasteiger partial charge on any atom is -0.339 e. The van der Waals surface area contributed by atoms with Gasteiger partial charge in [-0.1, -0.05) is 23.4 Å². The molecule has 10 heteroatoms. The first-order chi connectivity index (χ1) is 13.8. The van der Waals surface area contributed by atoms with E-state index in [9.17, 15) is 18.0 Å². The number of imidazole rings is 1. The van der Waals surface area contributed by atoms with E-state index >= 15 is 0 Å². The summed E-state index contributed by atoms with van der Waals surface area (Å²) in [5, 5.41) is 6.39. The van der Waals surface area contributed by atoms with Crippen molar-refractivity contribution in [1.82, 2.24) is 19.5 Å². The molecule has 0 aliphatic heterocycles. The highest BCUT2D eigenvalue weighted by molar-refractivity contribution is 6.04. The van der Waals surface area contributed by atoms with E-state index in [1.54, 1.807) is 47.9 Å². The van der Waals surface area contributed by atoms with Crippen molar-refractivity contribution in [2.24, 2.45) is 0 Å². The SMILES string of the molecule is Cc1ccc(-c2noc(CC(F)(F)F)n2)cc1NC(=O)c1cnc2ccccn12. The predicted molar refractivity (Wildman–Crippen MR) is 97.4 cm³/mol. The molecular formula is C19H14F3N5O2. The number of nitrogens with one attached hydrogen (secondary N) is 1. The molecule has 1 amide bonds. The van der Waals surface area contributed by atoms with E-state index in [4.69, 9.17) is 0 Å². The zero-order chi connectivity index (χ0) is 20.6. The summed E-state index contributed by atoms with van der Waals surface area (Å²) in [6.07, 6.45) is -2.55. The van der Waals surface area contributed by atoms with Crippen LogP contribution in [0.1, 0.15) is 21.9 Å². The van der Waals surface area contributed by atoms with Crippen LogP contribution in [0.5, 0.6) is 0 Å². The van der Waals surface area contributed by atoms with E-state index < -0.39 is 18.5 Å². The van der Waals surface area contributed by atoms with Gasteiger partial charge in [0.15, 0.2) is 0 Å². The predicted octanol–water partition coefficient (Wildman–Crippen LogP) is 4.05. The van der Waals surface area contributed by atoms with E-state index in [0.29, 0.717) is 22.6 Å². The Balaban J connectivity index is 1.60. The standard InChI is InChI=1S/C19H14F3N5O2/c1-11-5-6-12(17-25-16(29-26-17)9-19(20,21)22)8-13(11)24-18(28)14-10-23-15-4-2-3-7-27(14)15/h2-8,10H,9H2,1H3,(H,24,28). The van der Waals surface area contributed by atoms with Crippen LogP contribution in [0.15, 0.2) is 53.3 Å². The Bertz CT molecular complexity index is 1200. The molecule has 3 heterocycles. The van der Waals surface area contributed by atoms with Gasteiger partial charge in [0.05, 0.1) is 6.20 Å². The van der Waals surface area contributed by atoms with Crippen molar-refractivity contribution in [1.29, 1.82) is 0 Å². The zero-order valence-electron chi connectivity index (χ0n) is 15.1. The van der Waals surface area contributed by atoms with E-state index in [1.165, 1.54) is 6.20 Å². The number of carbonyl (C=O) groups excluding carboxylic acids is 1. The Morgan fingerprint density at radius 2 is 2.07 bits per heavy atom. The summed E-state index contributed by atoms with van der Waals surface area (Å²) in [5.41, 5.74) is 2.63. The van der Waals surface area contributed by atoms with Crippen molar-refractivity contribution >= 4 is 17.2 Å². The van der Waals surface area contributed by atoms with Gasteiger partial charge in [0, 0.05) is 17.4 Å². The number of nitrogens with zero attached hydrogens (tertiary/aromatic N) is 4. The molecule has 0 spiro atoms. The van der Waals surface area contributed by atoms with Gasteiger partial charge in [-0.2, -0.15) is 18.2 Å². The maximum atomic E-state index is 12.7. The Labute approximate surface area is 162 Å². The van der Waals surface area contributed by atoms with Gasteiger partial charge in [0.25, 0.3) is 5.91 Å². The highest BCUT2D eigenvalue weighted by atomic mass is 19.4. The molecule has 0 unspecified atom stereocenters. The molecule has 4 rings (SSSR count). The summed E-state index contributed by atoms with van der Waals surface area (Å²) in [6.45, 7) is 1.79. The molecule has 0 fully saturated rings. The highest BCUT2D eigenvalue weighted by Crippen LogP contribution is 2.26. The Morgan fingerprint density at radius 1 is 1.24 bits per heavy atom. The van der Waals surface area contributed by atoms with Crippen LogP contribution in [0.3, 0.4) is 0 Å². The molecule has 148 valence electrons. The quantitative estimate of drug-likeness (QED) is 0.558. The number of fused-ring (bicyclic) bond motifs is 1. The van der Waals surface area contributed by atoms with Crippen LogP contribution in [0, 0.1) is 6.92 Å². The molecule has 0 saturated carbocycles. The summed E-state index contributed by atoms with van der Waals surface area (Å²) in [7, 11) is 0. The number of halogens is 3. The third-order valence-corrected chi connectivity index (χ3v) is 4.21. The lowest BCUT2D eigenvalue weighted by molar-refractivity contribution is -0.131. The summed E-state index contributed by atoms with van der Waals surface area (Å²) < 4.78 is 43.8. The number of alkyl halides is 3. The average Bonchev–Trinajstić information content (AvgIpc) is 3.29. The number of anilines is 1. The van der Waals surface area contributed by atoms with Gasteiger partial charge in [0.2, 0.25) is 11.7 Å². The Hall–Kier alpha value is -3.69. The number of aromatic nitrogens is 4. The molecule has 0 radical (unpaired) electrons. The lowest BCUT2D eigenvalue weighted by Gasteiger charge is -2.09. The van der Waals surface area contributed by atoms with Gasteiger partial charge in [-0.05, 0) is 30.7 Å². The van der Waals surface area contributed by atoms with Crippen molar-refractivity contribution in [3.63, 3.8) is 0 Å². The first-order valence-corrected chi connectivity index (χ1v) is 8.54. The van der Waals surface area contributed by atoms with Crippen LogP contribution in [0.25, 0.3) is 17.0 Å². The van der Waals surface area contributed by atoms with Crippen molar-refractivity contribution in [3.05, 3.63) is 65.9 Å². The second kappa shape index (κ2) is 7.04. The van der Waals surface area contributed by atoms with E-state index in [0.717, 1.165) is 5.56 Å². The number of benzene rings is 1. The normalized spacial score (nSPS) is 11.7. The molecule has 1 N–H and O–H groups in total. The van der Waals surface area contributed by atoms with Crippen molar-refractivity contribution in [2.45, 2.75) is 19.5 Å². The van der Waals surface area contributed by atoms with E-state index in [-0.39, 0.29) is 11.7 Å². The van der Waals surface area contributed by atoms with Crippen molar-refractivity contribution < 1.29 is 22.5 Å². The lowest BCUT2D eigenvalue weighted by Crippen LogP contribution is -2.15. The summed E-state index contributed by atoms with van der Waals surface area (Å²) >= 11 is 0. The molecule has 4 aromatic rings. The molecule has 3 aromatic heterocycles. The van der Waals surface area contributed by atoms with Crippen molar-refractivity contribution in [2.75, 3.05) is 5.32 Å². The van der Waals surface area contributed by atoms with Crippen LogP contribution >= 0.6 is 0 Å². The highest BCUT2D eigenvalue weighted by Gasteiger charge is 2.31. The number of pyridine rings is 1. The third-order valence-electron chi connectivity index (χ3n) is 4.21. The van der Waals surface area contributed by atoms with Crippen molar-refractivity contribution in [3.8, 4) is 11.4 Å². The number of hydrogen-bond acceptors (Lipinski definition) is 5. The third kappa shape index (κ3) is 3.96. The summed E-state index contributed by atoms with van der Waals surface area (Å²) in [6, 6.07) is 10.3. The fourth-order valence-corrected chi connectivity index (χ4v) is 2.80. The fourth-order valence-electron chi connectivity index (χ4n) is 2.80. The Kier molecular flexibility index (Phi) is 4.53. The minimum atomic E-state index is -4.44. The number of rotatable bonds is 4. The topological polar surface area (TPSA) is 85.3 Å². The van der Waals surface area contributed by atoms with Gasteiger partial charge in [-0.25, -0.2) is 4.98 Å². The Morgan fingerprint density at radius 3 is 2.86 bits per heavy atom. The van der Waals surface area contributed by atoms with Crippen LogP contribution in [-0.4, -0.2) is 31.6 Å². The molecule has 0 aliphatic rings. The second-order valence-electron chi connectivity index (χ2n) is 6.36. The van der Waals surface area contributed by atoms with Crippen LogP contribution < -0.4 is 5.32 Å². The molecule has 0 aliphatic carbocycles. The summed E-state index contributed by atoms with van der Waals surface area (Å²) in [5.74, 6) is -0.895. The lowest BCUT2D eigenvalue weighted by atomic mass is 10.1. The number of hydrogen-bond donors (Lipinski definition) is 1. The molecule has 0 saturated heterocycles. The van der Waals surface area contributed by atoms with Gasteiger partial charge in [-0.3, -0.25) is 9.20 Å². The van der Waals surface area contributed by atoms with Crippen LogP contribution in [0.2, 0.25) is 0 Å². The van der Waals surface area contributed by atoms with E-state index in [2.05, 4.69) is 25.0 Å². The maximum Gasteiger partial charge on any atom is 0.397 e. The first-order valence-electron chi connectivity index (χ1n) is 8.54. The van der Waals surface area contributed by atoms with Crippen LogP contribution in [0.4, 0.5) is 18.9 Å². The first kappa shape index (κ1) is 18.7. The van der Waals surface area contributed by atoms with Gasteiger partial charge in [-0.15, -0.1) is 0 Å². The van der Waals surface area contributed by atoms with Gasteiger partial charge < -0.3 is 9.84 Å². The molecule has 0 atom stereocenters. The number of amides is 1. The largest absolute Gasteiger partial charge is 0.397 e. The minimum absolute atomic E-state index is 0.00884. The maximum absolute atomic E-state index is 12.7. The molecule has 29 heavy (non-hydrogen) atoms. The number of carbonyl (C=O) groups is 1. The zero-order valence-corrected chi connectivity index (χ0v) is 15.1. The molecule has 1 aromatic carbocycles. The fraction of sp³-hybridized carbons (Fsp3) is 0.158. The van der Waals surface area contributed by atoms with Gasteiger partial charge in [0.1, 0.15) is 17.8 Å². The smallest absolute Gasteiger partial charge is 0.339 e. The monoisotopic (exact) mass is 401 g/mol. The van der Waals surface area contributed by atoms with Gasteiger partial charge >= 0.3 is 6.18 Å². The second-order valence-corrected chi connectivity index (χ2v) is 6.36. The van der Waals surface area contributed by atoms with Crippen LogP contribution in [-0.2, 0) is 6.42 Å². The average molecular weight is 401 g/mol. The molecule has 0 bridgehead atoms. The molecule has 7 nitrogen and oxygen atoms in total. The molecular weight excluding hydrogens is 387 g/mol. The van der Waals surface area contributed by atoms with E-state index in [1.807, 2.05) is 6.07 Å².